The van der Waals surface area contributed by atoms with Gasteiger partial charge < -0.3 is 15.5 Å². The van der Waals surface area contributed by atoms with Crippen LogP contribution in [0, 0.1) is 0 Å². The summed E-state index contributed by atoms with van der Waals surface area (Å²) in [5.74, 6) is -0.0662. The van der Waals surface area contributed by atoms with E-state index in [2.05, 4.69) is 79.9 Å². The van der Waals surface area contributed by atoms with Crippen LogP contribution in [0.25, 0.3) is 0 Å². The van der Waals surface area contributed by atoms with Gasteiger partial charge in [-0.2, -0.15) is 0 Å². The number of carbonyl (C=O) groups is 1. The van der Waals surface area contributed by atoms with Crippen molar-refractivity contribution >= 4 is 5.91 Å². The Labute approximate surface area is 514 Å². The van der Waals surface area contributed by atoms with Gasteiger partial charge in [0.1, 0.15) is 0 Å². The van der Waals surface area contributed by atoms with Crippen LogP contribution in [0.1, 0.15) is 399 Å². The lowest BCUT2D eigenvalue weighted by Gasteiger charge is -2.19. The summed E-state index contributed by atoms with van der Waals surface area (Å²) in [4.78, 5) is 12.6. The van der Waals surface area contributed by atoms with Gasteiger partial charge >= 0.3 is 0 Å². The molecule has 1 amide bonds. The molecule has 2 unspecified atom stereocenters. The molecule has 0 saturated heterocycles. The van der Waals surface area contributed by atoms with Crippen LogP contribution in [0.5, 0.6) is 0 Å². The maximum Gasteiger partial charge on any atom is 0.220 e. The number of nitrogens with one attached hydrogen (secondary N) is 1. The first kappa shape index (κ1) is 79.8. The number of aliphatic hydroxyl groups excluding tert-OH is 2. The Kier molecular flexibility index (Phi) is 71.2. The highest BCUT2D eigenvalue weighted by atomic mass is 16.3. The zero-order valence-corrected chi connectivity index (χ0v) is 55.5. The number of allylic oxidation sites excluding steroid dienone is 11. The van der Waals surface area contributed by atoms with Crippen LogP contribution < -0.4 is 5.32 Å². The summed E-state index contributed by atoms with van der Waals surface area (Å²) in [5.41, 5.74) is 0. The van der Waals surface area contributed by atoms with Gasteiger partial charge in [0.15, 0.2) is 0 Å². The zero-order valence-electron chi connectivity index (χ0n) is 55.5. The van der Waals surface area contributed by atoms with E-state index >= 15 is 0 Å². The van der Waals surface area contributed by atoms with Crippen LogP contribution in [0.4, 0.5) is 0 Å². The first-order valence-electron chi connectivity index (χ1n) is 37.2. The average molecular weight is 1150 g/mol. The fourth-order valence-electron chi connectivity index (χ4n) is 11.6. The molecule has 0 radical (unpaired) electrons. The summed E-state index contributed by atoms with van der Waals surface area (Å²) >= 11 is 0. The molecule has 0 aromatic carbocycles. The fraction of sp³-hybridized carbons (Fsp3) is 0.833. The average Bonchev–Trinajstić information content (AvgIpc) is 3.50. The fourth-order valence-corrected chi connectivity index (χ4v) is 11.6. The number of hydrogen-bond acceptors (Lipinski definition) is 3. The first-order valence-corrected chi connectivity index (χ1v) is 37.2. The van der Waals surface area contributed by atoms with E-state index in [-0.39, 0.29) is 12.5 Å². The molecule has 0 fully saturated rings. The predicted octanol–water partition coefficient (Wildman–Crippen LogP) is 25.6. The summed E-state index contributed by atoms with van der Waals surface area (Å²) in [6, 6.07) is -0.641. The Morgan fingerprint density at radius 3 is 0.854 bits per heavy atom. The van der Waals surface area contributed by atoms with Crippen molar-refractivity contribution in [2.24, 2.45) is 0 Å². The van der Waals surface area contributed by atoms with E-state index in [0.29, 0.717) is 6.42 Å². The van der Waals surface area contributed by atoms with E-state index < -0.39 is 12.1 Å². The van der Waals surface area contributed by atoms with Crippen molar-refractivity contribution in [2.75, 3.05) is 6.61 Å². The topological polar surface area (TPSA) is 69.6 Å². The molecular weight excluding hydrogens is 999 g/mol. The molecule has 4 heteroatoms. The van der Waals surface area contributed by atoms with E-state index in [1.54, 1.807) is 6.08 Å². The minimum atomic E-state index is -0.864. The van der Waals surface area contributed by atoms with Crippen molar-refractivity contribution in [2.45, 2.75) is 411 Å². The van der Waals surface area contributed by atoms with Crippen molar-refractivity contribution in [1.82, 2.24) is 5.32 Å². The van der Waals surface area contributed by atoms with Crippen LogP contribution in [-0.2, 0) is 4.79 Å². The standard InChI is InChI=1S/C78H145NO3/c1-3-5-7-9-11-13-15-17-19-21-23-25-27-29-31-33-34-35-36-37-38-39-40-41-42-43-44-46-48-50-52-54-56-58-60-62-64-66-68-70-72-74-78(82)79-76(75-80)77(81)73-71-69-67-65-63-61-59-57-55-53-51-49-47-45-32-30-28-26-24-22-20-18-16-14-12-10-8-6-4-2/h5,7,11,13,17,19,23,25,63,65,71,73,76-77,80-81H,3-4,6,8-10,12,14-16,18,20-22,24,26-62,64,66-70,72,74-75H2,1-2H3,(H,79,82)/b7-5-,13-11-,19-17-,25-23-,65-63+,73-71+. The van der Waals surface area contributed by atoms with Gasteiger partial charge in [0.05, 0.1) is 18.8 Å². The molecule has 0 aromatic rings. The maximum absolute atomic E-state index is 12.6. The molecule has 0 saturated carbocycles. The normalized spacial score (nSPS) is 13.1. The SMILES string of the molecule is CC/C=C\C/C=C\C/C=C\C/C=C\CCCCCCCCCCCCCCCCCCCCCCCCCCCCCCC(=O)NC(CO)C(O)/C=C/CC/C=C/CCCCCCCCCCCCCCCCCCCCCCCCC. The highest BCUT2D eigenvalue weighted by Gasteiger charge is 2.18. The molecule has 82 heavy (non-hydrogen) atoms. The number of carbonyl (C=O) groups excluding carboxylic acids is 1. The third-order valence-corrected chi connectivity index (χ3v) is 17.2. The van der Waals surface area contributed by atoms with Gasteiger partial charge in [-0.15, -0.1) is 0 Å². The molecular formula is C78H145NO3. The van der Waals surface area contributed by atoms with Gasteiger partial charge in [-0.1, -0.05) is 395 Å². The molecule has 0 rings (SSSR count). The molecule has 0 spiro atoms. The Morgan fingerprint density at radius 1 is 0.305 bits per heavy atom. The van der Waals surface area contributed by atoms with E-state index in [1.165, 1.54) is 321 Å². The third-order valence-electron chi connectivity index (χ3n) is 17.2. The van der Waals surface area contributed by atoms with Crippen LogP contribution in [0.3, 0.4) is 0 Å². The first-order chi connectivity index (χ1) is 40.7. The summed E-state index contributed by atoms with van der Waals surface area (Å²) < 4.78 is 0. The maximum atomic E-state index is 12.6. The third kappa shape index (κ3) is 68.6. The van der Waals surface area contributed by atoms with Gasteiger partial charge in [0.25, 0.3) is 0 Å². The highest BCUT2D eigenvalue weighted by molar-refractivity contribution is 5.76. The van der Waals surface area contributed by atoms with E-state index in [1.807, 2.05) is 6.08 Å². The number of amides is 1. The molecule has 4 nitrogen and oxygen atoms in total. The largest absolute Gasteiger partial charge is 0.394 e. The van der Waals surface area contributed by atoms with Crippen molar-refractivity contribution in [1.29, 1.82) is 0 Å². The Balaban J connectivity index is 3.42. The lowest BCUT2D eigenvalue weighted by Crippen LogP contribution is -2.45. The van der Waals surface area contributed by atoms with Gasteiger partial charge in [0, 0.05) is 6.42 Å². The summed E-state index contributed by atoms with van der Waals surface area (Å²) in [5, 5.41) is 23.3. The van der Waals surface area contributed by atoms with Crippen molar-refractivity contribution in [3.63, 3.8) is 0 Å². The second-order valence-corrected chi connectivity index (χ2v) is 25.3. The van der Waals surface area contributed by atoms with Crippen LogP contribution in [-0.4, -0.2) is 34.9 Å². The Morgan fingerprint density at radius 2 is 0.549 bits per heavy atom. The minimum Gasteiger partial charge on any atom is -0.394 e. The second kappa shape index (κ2) is 73.1. The Hall–Kier alpha value is -2.17. The predicted molar refractivity (Wildman–Crippen MR) is 368 cm³/mol. The van der Waals surface area contributed by atoms with Crippen LogP contribution in [0.15, 0.2) is 72.9 Å². The molecule has 480 valence electrons. The van der Waals surface area contributed by atoms with Gasteiger partial charge in [0.2, 0.25) is 5.91 Å². The number of unbranched alkanes of at least 4 members (excludes halogenated alkanes) is 52. The van der Waals surface area contributed by atoms with Crippen LogP contribution in [0.2, 0.25) is 0 Å². The lowest BCUT2D eigenvalue weighted by atomic mass is 10.0. The van der Waals surface area contributed by atoms with E-state index in [9.17, 15) is 15.0 Å². The smallest absolute Gasteiger partial charge is 0.220 e. The zero-order chi connectivity index (χ0) is 59.1. The van der Waals surface area contributed by atoms with Gasteiger partial charge in [-0.05, 0) is 70.6 Å². The van der Waals surface area contributed by atoms with Crippen molar-refractivity contribution < 1.29 is 15.0 Å². The number of rotatable bonds is 69. The number of hydrogen-bond donors (Lipinski definition) is 3. The highest BCUT2D eigenvalue weighted by Crippen LogP contribution is 2.19. The van der Waals surface area contributed by atoms with E-state index in [0.717, 1.165) is 57.8 Å². The second-order valence-electron chi connectivity index (χ2n) is 25.3. The molecule has 0 bridgehead atoms. The van der Waals surface area contributed by atoms with Crippen LogP contribution >= 0.6 is 0 Å². The molecule has 3 N–H and O–H groups in total. The Bertz CT molecular complexity index is 1390. The van der Waals surface area contributed by atoms with Gasteiger partial charge in [-0.25, -0.2) is 0 Å². The summed E-state index contributed by atoms with van der Waals surface area (Å²) in [6.07, 6.45) is 106. The molecule has 2 atom stereocenters. The molecule has 0 aliphatic heterocycles. The minimum absolute atomic E-state index is 0.0662. The van der Waals surface area contributed by atoms with Crippen molar-refractivity contribution in [3.05, 3.63) is 72.9 Å². The quantitative estimate of drug-likeness (QED) is 0.0420. The molecule has 0 aliphatic rings. The van der Waals surface area contributed by atoms with Gasteiger partial charge in [-0.3, -0.25) is 4.79 Å². The lowest BCUT2D eigenvalue weighted by molar-refractivity contribution is -0.123. The monoisotopic (exact) mass is 1140 g/mol. The molecule has 0 heterocycles. The number of aliphatic hydroxyl groups is 2. The summed E-state index contributed by atoms with van der Waals surface area (Å²) in [7, 11) is 0. The van der Waals surface area contributed by atoms with Crippen molar-refractivity contribution in [3.8, 4) is 0 Å². The molecule has 0 aromatic heterocycles. The van der Waals surface area contributed by atoms with E-state index in [4.69, 9.17) is 0 Å². The summed E-state index contributed by atoms with van der Waals surface area (Å²) in [6.45, 7) is 4.23. The molecule has 0 aliphatic carbocycles.